The van der Waals surface area contributed by atoms with Gasteiger partial charge in [0.25, 0.3) is 0 Å². The summed E-state index contributed by atoms with van der Waals surface area (Å²) >= 11 is 3.26. The number of pyridine rings is 1. The number of aromatic nitrogens is 1. The summed E-state index contributed by atoms with van der Waals surface area (Å²) in [4.78, 5) is 25.6. The van der Waals surface area contributed by atoms with E-state index in [1.807, 2.05) is 0 Å². The van der Waals surface area contributed by atoms with E-state index in [0.29, 0.717) is 5.56 Å². The Balaban J connectivity index is 2.09. The molecule has 0 aliphatic heterocycles. The van der Waals surface area contributed by atoms with Crippen LogP contribution in [0.4, 0.5) is 5.82 Å². The molecule has 0 aliphatic rings. The molecule has 1 aromatic heterocycles. The fraction of sp³-hybridized carbons (Fsp3) is 0.0769. The second-order valence-corrected chi connectivity index (χ2v) is 4.72. The van der Waals surface area contributed by atoms with Gasteiger partial charge in [0.1, 0.15) is 6.20 Å². The van der Waals surface area contributed by atoms with E-state index in [-0.39, 0.29) is 18.1 Å². The summed E-state index contributed by atoms with van der Waals surface area (Å²) in [5, 5.41) is 10.8. The Morgan fingerprint density at radius 1 is 1.35 bits per heavy atom. The number of benzene rings is 1. The van der Waals surface area contributed by atoms with Crippen molar-refractivity contribution >= 4 is 27.5 Å². The van der Waals surface area contributed by atoms with Gasteiger partial charge < -0.3 is 14.9 Å². The zero-order valence-corrected chi connectivity index (χ0v) is 11.7. The van der Waals surface area contributed by atoms with E-state index < -0.39 is 10.7 Å². The van der Waals surface area contributed by atoms with Crippen molar-refractivity contribution in [3.8, 4) is 5.75 Å². The van der Waals surface area contributed by atoms with Gasteiger partial charge in [-0.2, -0.15) is 0 Å². The number of hydrogen-bond donors (Lipinski definition) is 0. The van der Waals surface area contributed by atoms with Gasteiger partial charge in [0.15, 0.2) is 12.4 Å². The minimum Gasteiger partial charge on any atom is -0.477 e. The monoisotopic (exact) mass is 336 g/mol. The number of ketones is 1. The highest BCUT2D eigenvalue weighted by atomic mass is 79.9. The Morgan fingerprint density at radius 2 is 2.15 bits per heavy atom. The minimum atomic E-state index is -0.654. The summed E-state index contributed by atoms with van der Waals surface area (Å²) in [6, 6.07) is 9.73. The zero-order valence-electron chi connectivity index (χ0n) is 10.2. The Labute approximate surface area is 122 Å². The van der Waals surface area contributed by atoms with E-state index in [1.54, 1.807) is 24.3 Å². The maximum atomic E-state index is 11.9. The summed E-state index contributed by atoms with van der Waals surface area (Å²) in [5.74, 6) is -0.708. The van der Waals surface area contributed by atoms with Gasteiger partial charge in [-0.15, -0.1) is 0 Å². The molecule has 0 radical (unpaired) electrons. The van der Waals surface area contributed by atoms with Gasteiger partial charge in [0.2, 0.25) is 5.75 Å². The lowest BCUT2D eigenvalue weighted by molar-refractivity contribution is -0.390. The first kappa shape index (κ1) is 14.1. The Kier molecular flexibility index (Phi) is 4.41. The lowest BCUT2D eigenvalue weighted by Crippen LogP contribution is -2.12. The van der Waals surface area contributed by atoms with E-state index >= 15 is 0 Å². The minimum absolute atomic E-state index is 0.0270. The molecule has 1 aromatic carbocycles. The van der Waals surface area contributed by atoms with Gasteiger partial charge in [-0.1, -0.05) is 28.1 Å². The van der Waals surface area contributed by atoms with Crippen molar-refractivity contribution in [3.63, 3.8) is 0 Å². The number of carbonyl (C=O) groups is 1. The molecule has 0 fully saturated rings. The average Bonchev–Trinajstić information content (AvgIpc) is 2.45. The highest BCUT2D eigenvalue weighted by Gasteiger charge is 2.17. The predicted octanol–water partition coefficient (Wildman–Crippen LogP) is 3.01. The molecule has 0 spiro atoms. The van der Waals surface area contributed by atoms with Gasteiger partial charge in [0, 0.05) is 10.0 Å². The van der Waals surface area contributed by atoms with Gasteiger partial charge in [0.05, 0.1) is 0 Å². The number of hydrogen-bond acceptors (Lipinski definition) is 5. The number of halogens is 1. The summed E-state index contributed by atoms with van der Waals surface area (Å²) < 4.78 is 5.96. The second kappa shape index (κ2) is 6.25. The van der Waals surface area contributed by atoms with Gasteiger partial charge in [-0.05, 0) is 34.2 Å². The Morgan fingerprint density at radius 3 is 2.85 bits per heavy atom. The maximum Gasteiger partial charge on any atom is 0.406 e. The van der Waals surface area contributed by atoms with Crippen molar-refractivity contribution < 1.29 is 14.5 Å². The Hall–Kier alpha value is -2.28. The number of carbonyl (C=O) groups excluding carboxylic acids is 1. The predicted molar refractivity (Wildman–Crippen MR) is 74.9 cm³/mol. The number of rotatable bonds is 5. The van der Waals surface area contributed by atoms with Crippen LogP contribution in [-0.4, -0.2) is 22.3 Å². The molecule has 0 unspecified atom stereocenters. The summed E-state index contributed by atoms with van der Waals surface area (Å²) in [7, 11) is 0. The van der Waals surface area contributed by atoms with Gasteiger partial charge >= 0.3 is 5.82 Å². The topological polar surface area (TPSA) is 82.3 Å². The van der Waals surface area contributed by atoms with Crippen molar-refractivity contribution in [1.29, 1.82) is 0 Å². The van der Waals surface area contributed by atoms with Crippen LogP contribution in [0.25, 0.3) is 0 Å². The quantitative estimate of drug-likeness (QED) is 0.476. The molecule has 0 N–H and O–H groups in total. The van der Waals surface area contributed by atoms with Crippen molar-refractivity contribution in [3.05, 3.63) is 62.7 Å². The first-order valence-electron chi connectivity index (χ1n) is 5.59. The molecule has 6 nitrogen and oxygen atoms in total. The molecule has 2 rings (SSSR count). The number of ether oxygens (including phenoxy) is 1. The molecular weight excluding hydrogens is 328 g/mol. The van der Waals surface area contributed by atoms with Crippen LogP contribution in [-0.2, 0) is 0 Å². The van der Waals surface area contributed by atoms with Crippen molar-refractivity contribution in [1.82, 2.24) is 4.98 Å². The fourth-order valence-corrected chi connectivity index (χ4v) is 1.92. The summed E-state index contributed by atoms with van der Waals surface area (Å²) in [6.45, 7) is -0.289. The van der Waals surface area contributed by atoms with E-state index in [0.717, 1.165) is 4.47 Å². The molecule has 1 heterocycles. The molecule has 102 valence electrons. The fourth-order valence-electron chi connectivity index (χ4n) is 1.52. The lowest BCUT2D eigenvalue weighted by Gasteiger charge is -2.05. The first-order chi connectivity index (χ1) is 9.58. The molecule has 0 aliphatic carbocycles. The van der Waals surface area contributed by atoms with Crippen LogP contribution in [0.3, 0.4) is 0 Å². The van der Waals surface area contributed by atoms with E-state index in [9.17, 15) is 14.9 Å². The molecule has 2 aromatic rings. The van der Waals surface area contributed by atoms with Crippen LogP contribution >= 0.6 is 15.9 Å². The molecule has 0 bridgehead atoms. The zero-order chi connectivity index (χ0) is 14.5. The van der Waals surface area contributed by atoms with Gasteiger partial charge in [-0.3, -0.25) is 4.79 Å². The maximum absolute atomic E-state index is 11.9. The van der Waals surface area contributed by atoms with Crippen LogP contribution in [0.1, 0.15) is 10.4 Å². The van der Waals surface area contributed by atoms with Crippen molar-refractivity contribution in [2.24, 2.45) is 0 Å². The largest absolute Gasteiger partial charge is 0.477 e. The normalized spacial score (nSPS) is 10.1. The number of nitrogens with zero attached hydrogens (tertiary/aromatic N) is 2. The molecule has 20 heavy (non-hydrogen) atoms. The molecule has 0 saturated heterocycles. The van der Waals surface area contributed by atoms with Crippen LogP contribution in [0, 0.1) is 10.1 Å². The third-order valence-electron chi connectivity index (χ3n) is 2.43. The van der Waals surface area contributed by atoms with Crippen LogP contribution in [0.5, 0.6) is 5.75 Å². The number of Topliss-reactive ketones (excluding diaryl/α,β-unsaturated/α-hetero) is 1. The smallest absolute Gasteiger partial charge is 0.406 e. The van der Waals surface area contributed by atoms with Crippen LogP contribution in [0.2, 0.25) is 0 Å². The average molecular weight is 337 g/mol. The van der Waals surface area contributed by atoms with Crippen LogP contribution < -0.4 is 4.74 Å². The van der Waals surface area contributed by atoms with Gasteiger partial charge in [-0.25, -0.2) is 0 Å². The molecular formula is C13H9BrN2O4. The lowest BCUT2D eigenvalue weighted by atomic mass is 10.1. The summed E-state index contributed by atoms with van der Waals surface area (Å²) in [6.07, 6.45) is 1.29. The third kappa shape index (κ3) is 3.39. The standard InChI is InChI=1S/C13H9BrN2O4/c14-10-4-1-3-9(7-10)11(17)8-20-12-5-2-6-15-13(12)16(18)19/h1-7H,8H2. The first-order valence-corrected chi connectivity index (χ1v) is 6.38. The van der Waals surface area contributed by atoms with E-state index in [2.05, 4.69) is 20.9 Å². The molecule has 0 atom stereocenters. The van der Waals surface area contributed by atoms with Crippen LogP contribution in [0.15, 0.2) is 47.1 Å². The summed E-state index contributed by atoms with van der Waals surface area (Å²) in [5.41, 5.74) is 0.464. The number of nitro groups is 1. The molecule has 0 amide bonds. The van der Waals surface area contributed by atoms with Crippen molar-refractivity contribution in [2.75, 3.05) is 6.61 Å². The third-order valence-corrected chi connectivity index (χ3v) is 2.92. The van der Waals surface area contributed by atoms with Crippen molar-refractivity contribution in [2.45, 2.75) is 0 Å². The SMILES string of the molecule is O=C(COc1cccnc1[N+](=O)[O-])c1cccc(Br)c1. The highest BCUT2D eigenvalue weighted by molar-refractivity contribution is 9.10. The molecule has 0 saturated carbocycles. The Bertz CT molecular complexity index is 660. The second-order valence-electron chi connectivity index (χ2n) is 3.80. The van der Waals surface area contributed by atoms with E-state index in [4.69, 9.17) is 4.74 Å². The molecule has 7 heteroatoms. The highest BCUT2D eigenvalue weighted by Crippen LogP contribution is 2.23. The van der Waals surface area contributed by atoms with E-state index in [1.165, 1.54) is 18.3 Å².